The van der Waals surface area contributed by atoms with Crippen LogP contribution in [0.2, 0.25) is 0 Å². The van der Waals surface area contributed by atoms with Gasteiger partial charge in [0.2, 0.25) is 0 Å². The van der Waals surface area contributed by atoms with E-state index in [2.05, 4.69) is 10.3 Å². The minimum absolute atomic E-state index is 0.126. The van der Waals surface area contributed by atoms with E-state index in [0.29, 0.717) is 0 Å². The molecule has 0 saturated heterocycles. The molecule has 10 heavy (non-hydrogen) atoms. The summed E-state index contributed by atoms with van der Waals surface area (Å²) in [5.41, 5.74) is 2.20. The second-order valence-corrected chi connectivity index (χ2v) is 1.58. The number of rotatable bonds is 4. The van der Waals surface area contributed by atoms with E-state index in [4.69, 9.17) is 5.11 Å². The molecule has 0 unspecified atom stereocenters. The highest BCUT2D eigenvalue weighted by molar-refractivity contribution is 5.67. The van der Waals surface area contributed by atoms with Gasteiger partial charge < -0.3 is 5.11 Å². The zero-order valence-electron chi connectivity index (χ0n) is 5.43. The van der Waals surface area contributed by atoms with Gasteiger partial charge >= 0.3 is 5.97 Å². The van der Waals surface area contributed by atoms with Gasteiger partial charge in [-0.25, -0.2) is 9.18 Å². The van der Waals surface area contributed by atoms with Crippen molar-refractivity contribution in [2.45, 2.75) is 6.92 Å². The minimum Gasteiger partial charge on any atom is -0.479 e. The second-order valence-electron chi connectivity index (χ2n) is 1.58. The summed E-state index contributed by atoms with van der Waals surface area (Å²) in [6, 6.07) is 0. The molecule has 0 aliphatic carbocycles. The van der Waals surface area contributed by atoms with Crippen LogP contribution in [0.5, 0.6) is 0 Å². The van der Waals surface area contributed by atoms with Gasteiger partial charge in [-0.3, -0.25) is 10.3 Å². The zero-order valence-corrected chi connectivity index (χ0v) is 5.43. The Bertz CT molecular complexity index is 146. The number of hydrogen-bond acceptors (Lipinski definition) is 3. The molecule has 0 spiro atoms. The molecular weight excluding hydrogens is 141 g/mol. The number of carboxylic acid groups (broad SMARTS) is 1. The number of hydrogen-bond donors (Lipinski definition) is 2. The molecule has 0 bridgehead atoms. The molecule has 0 fully saturated rings. The Morgan fingerprint density at radius 1 is 1.90 bits per heavy atom. The van der Waals surface area contributed by atoms with Crippen LogP contribution in [0, 0.1) is 0 Å². The lowest BCUT2D eigenvalue weighted by Crippen LogP contribution is -2.17. The summed E-state index contributed by atoms with van der Waals surface area (Å²) in [4.78, 5) is 14.1. The van der Waals surface area contributed by atoms with Crippen LogP contribution in [0.4, 0.5) is 4.39 Å². The highest BCUT2D eigenvalue weighted by atomic mass is 19.1. The second kappa shape index (κ2) is 4.75. The highest BCUT2D eigenvalue weighted by Crippen LogP contribution is 1.85. The van der Waals surface area contributed by atoms with E-state index in [1.165, 1.54) is 6.92 Å². The summed E-state index contributed by atoms with van der Waals surface area (Å²) in [5.74, 6) is -1.11. The molecule has 0 aliphatic rings. The molecule has 0 aromatic heterocycles. The van der Waals surface area contributed by atoms with Crippen LogP contribution in [-0.4, -0.2) is 17.7 Å². The van der Waals surface area contributed by atoms with Crippen LogP contribution < -0.4 is 5.48 Å². The summed E-state index contributed by atoms with van der Waals surface area (Å²) >= 11 is 0. The Labute approximate surface area is 57.2 Å². The van der Waals surface area contributed by atoms with E-state index in [1.54, 1.807) is 0 Å². The average molecular weight is 149 g/mol. The first kappa shape index (κ1) is 8.90. The number of allylic oxidation sites excluding steroid dienone is 1. The SMILES string of the molecule is CC(=CF)NOCC(=O)O. The Morgan fingerprint density at radius 3 is 2.90 bits per heavy atom. The van der Waals surface area contributed by atoms with Gasteiger partial charge in [0.05, 0.1) is 5.70 Å². The highest BCUT2D eigenvalue weighted by Gasteiger charge is 1.94. The van der Waals surface area contributed by atoms with Gasteiger partial charge in [-0.15, -0.1) is 0 Å². The lowest BCUT2D eigenvalue weighted by Gasteiger charge is -2.01. The molecule has 0 heterocycles. The van der Waals surface area contributed by atoms with Crippen molar-refractivity contribution >= 4 is 5.97 Å². The molecule has 2 N–H and O–H groups in total. The third-order valence-electron chi connectivity index (χ3n) is 0.592. The fourth-order valence-corrected chi connectivity index (χ4v) is 0.234. The first-order valence-electron chi connectivity index (χ1n) is 2.53. The Hall–Kier alpha value is -1.10. The van der Waals surface area contributed by atoms with E-state index >= 15 is 0 Å². The molecule has 0 amide bonds. The monoisotopic (exact) mass is 149 g/mol. The predicted octanol–water partition coefficient (Wildman–Crippen LogP) is 0.423. The lowest BCUT2D eigenvalue weighted by atomic mass is 10.6. The summed E-state index contributed by atoms with van der Waals surface area (Å²) in [7, 11) is 0. The molecule has 0 radical (unpaired) electrons. The van der Waals surface area contributed by atoms with Crippen molar-refractivity contribution in [2.24, 2.45) is 0 Å². The number of carbonyl (C=O) groups is 1. The quantitative estimate of drug-likeness (QED) is 0.569. The van der Waals surface area contributed by atoms with Crippen molar-refractivity contribution in [1.29, 1.82) is 0 Å². The van der Waals surface area contributed by atoms with Gasteiger partial charge in [-0.1, -0.05) is 0 Å². The first-order valence-corrected chi connectivity index (χ1v) is 2.53. The molecule has 0 aliphatic heterocycles. The normalized spacial score (nSPS) is 11.2. The van der Waals surface area contributed by atoms with E-state index in [1.807, 2.05) is 0 Å². The fourth-order valence-electron chi connectivity index (χ4n) is 0.234. The number of carboxylic acids is 1. The van der Waals surface area contributed by atoms with Gasteiger partial charge in [-0.2, -0.15) is 0 Å². The predicted molar refractivity (Wildman–Crippen MR) is 31.6 cm³/mol. The molecule has 0 atom stereocenters. The number of aliphatic carboxylic acids is 1. The largest absolute Gasteiger partial charge is 0.479 e. The lowest BCUT2D eigenvalue weighted by molar-refractivity contribution is -0.144. The van der Waals surface area contributed by atoms with E-state index in [9.17, 15) is 9.18 Å². The Balaban J connectivity index is 3.29. The number of nitrogens with one attached hydrogen (secondary N) is 1. The smallest absolute Gasteiger partial charge is 0.332 e. The first-order chi connectivity index (χ1) is 4.66. The average Bonchev–Trinajstić information content (AvgIpc) is 1.87. The van der Waals surface area contributed by atoms with Crippen molar-refractivity contribution in [3.05, 3.63) is 12.0 Å². The van der Waals surface area contributed by atoms with Crippen molar-refractivity contribution in [3.63, 3.8) is 0 Å². The maximum atomic E-state index is 11.5. The summed E-state index contributed by atoms with van der Waals surface area (Å²) < 4.78 is 11.5. The van der Waals surface area contributed by atoms with Gasteiger partial charge in [0, 0.05) is 0 Å². The number of hydroxylamine groups is 1. The summed E-state index contributed by atoms with van der Waals surface area (Å²) in [6.07, 6.45) is 0.280. The summed E-state index contributed by atoms with van der Waals surface area (Å²) in [6.45, 7) is 0.910. The molecule has 0 aromatic rings. The van der Waals surface area contributed by atoms with Crippen LogP contribution in [0.3, 0.4) is 0 Å². The fraction of sp³-hybridized carbons (Fsp3) is 0.400. The van der Waals surface area contributed by atoms with Gasteiger partial charge in [0.15, 0.2) is 6.61 Å². The van der Waals surface area contributed by atoms with E-state index < -0.39 is 12.6 Å². The summed E-state index contributed by atoms with van der Waals surface area (Å²) in [5, 5.41) is 8.02. The molecule has 4 nitrogen and oxygen atoms in total. The molecule has 5 heteroatoms. The van der Waals surface area contributed by atoms with Crippen LogP contribution in [0.15, 0.2) is 12.0 Å². The maximum absolute atomic E-state index is 11.5. The van der Waals surface area contributed by atoms with Crippen LogP contribution in [-0.2, 0) is 9.63 Å². The van der Waals surface area contributed by atoms with E-state index in [-0.39, 0.29) is 12.0 Å². The molecule has 58 valence electrons. The van der Waals surface area contributed by atoms with Crippen molar-refractivity contribution in [2.75, 3.05) is 6.61 Å². The van der Waals surface area contributed by atoms with Crippen LogP contribution in [0.1, 0.15) is 6.92 Å². The van der Waals surface area contributed by atoms with Crippen LogP contribution in [0.25, 0.3) is 0 Å². The third kappa shape index (κ3) is 5.04. The standard InChI is InChI=1S/C5H8FNO3/c1-4(2-6)7-10-3-5(8)9/h2,7H,3H2,1H3,(H,8,9). The topological polar surface area (TPSA) is 58.6 Å². The Kier molecular flexibility index (Phi) is 4.23. The van der Waals surface area contributed by atoms with Crippen molar-refractivity contribution in [3.8, 4) is 0 Å². The molecule has 0 saturated carbocycles. The third-order valence-corrected chi connectivity index (χ3v) is 0.592. The van der Waals surface area contributed by atoms with Crippen LogP contribution >= 0.6 is 0 Å². The molecule has 0 rings (SSSR count). The van der Waals surface area contributed by atoms with Crippen molar-refractivity contribution < 1.29 is 19.1 Å². The van der Waals surface area contributed by atoms with Gasteiger partial charge in [0.25, 0.3) is 0 Å². The number of halogens is 1. The Morgan fingerprint density at radius 2 is 2.50 bits per heavy atom. The van der Waals surface area contributed by atoms with Gasteiger partial charge in [0.1, 0.15) is 6.33 Å². The van der Waals surface area contributed by atoms with E-state index in [0.717, 1.165) is 0 Å². The minimum atomic E-state index is -1.11. The molecule has 0 aromatic carbocycles. The van der Waals surface area contributed by atoms with Crippen molar-refractivity contribution in [1.82, 2.24) is 5.48 Å². The van der Waals surface area contributed by atoms with Gasteiger partial charge in [-0.05, 0) is 6.92 Å². The zero-order chi connectivity index (χ0) is 7.98. The molecular formula is C5H8FNO3. The maximum Gasteiger partial charge on any atom is 0.332 e.